The van der Waals surface area contributed by atoms with Gasteiger partial charge in [0.15, 0.2) is 0 Å². The van der Waals surface area contributed by atoms with Gasteiger partial charge in [-0.25, -0.2) is 9.67 Å². The summed E-state index contributed by atoms with van der Waals surface area (Å²) in [7, 11) is 1.60. The maximum absolute atomic E-state index is 6.39. The quantitative estimate of drug-likeness (QED) is 0.479. The van der Waals surface area contributed by atoms with Crippen molar-refractivity contribution in [1.82, 2.24) is 20.0 Å². The molecule has 6 heteroatoms. The molecule has 0 aliphatic rings. The zero-order valence-corrected chi connectivity index (χ0v) is 16.4. The molecule has 2 aromatic heterocycles. The highest BCUT2D eigenvalue weighted by molar-refractivity contribution is 6.33. The summed E-state index contributed by atoms with van der Waals surface area (Å²) in [6.45, 7) is 2.65. The van der Waals surface area contributed by atoms with Crippen LogP contribution in [0.4, 0.5) is 0 Å². The van der Waals surface area contributed by atoms with E-state index in [4.69, 9.17) is 16.3 Å². The maximum Gasteiger partial charge on any atom is 0.214 e. The smallest absolute Gasteiger partial charge is 0.214 e. The lowest BCUT2D eigenvalue weighted by Gasteiger charge is -2.09. The Hall–Kier alpha value is -3.18. The van der Waals surface area contributed by atoms with E-state index in [1.165, 1.54) is 0 Å². The lowest BCUT2D eigenvalue weighted by Crippen LogP contribution is -2.04. The Kier molecular flexibility index (Phi) is 5.08. The molecule has 0 radical (unpaired) electrons. The van der Waals surface area contributed by atoms with Gasteiger partial charge in [-0.15, -0.1) is 5.10 Å². The predicted molar refractivity (Wildman–Crippen MR) is 111 cm³/mol. The van der Waals surface area contributed by atoms with Crippen molar-refractivity contribution in [2.24, 2.45) is 0 Å². The van der Waals surface area contributed by atoms with E-state index >= 15 is 0 Å². The van der Waals surface area contributed by atoms with Crippen LogP contribution >= 0.6 is 11.6 Å². The molecule has 0 unspecified atom stereocenters. The molecule has 0 aliphatic heterocycles. The van der Waals surface area contributed by atoms with Crippen molar-refractivity contribution < 1.29 is 4.74 Å². The number of hydrogen-bond donors (Lipinski definition) is 0. The minimum atomic E-state index is 0.504. The Morgan fingerprint density at radius 1 is 1.00 bits per heavy atom. The first-order valence-electron chi connectivity index (χ1n) is 8.91. The van der Waals surface area contributed by atoms with Crippen LogP contribution in [-0.4, -0.2) is 27.1 Å². The normalized spacial score (nSPS) is 10.8. The van der Waals surface area contributed by atoms with Crippen molar-refractivity contribution in [3.05, 3.63) is 83.0 Å². The summed E-state index contributed by atoms with van der Waals surface area (Å²) in [5.41, 5.74) is 5.37. The Labute approximate surface area is 168 Å². The second-order valence-corrected chi connectivity index (χ2v) is 6.84. The SMILES string of the molecule is COc1cc(-c2ccccc2Cl)cc(-c2nnn(Cc3ccccc3)c2C)n1. The van der Waals surface area contributed by atoms with Gasteiger partial charge in [0.2, 0.25) is 5.88 Å². The zero-order valence-electron chi connectivity index (χ0n) is 15.6. The van der Waals surface area contributed by atoms with Gasteiger partial charge in [-0.05, 0) is 30.2 Å². The van der Waals surface area contributed by atoms with Gasteiger partial charge in [-0.3, -0.25) is 0 Å². The summed E-state index contributed by atoms with van der Waals surface area (Å²) in [6.07, 6.45) is 0. The van der Waals surface area contributed by atoms with E-state index in [1.54, 1.807) is 7.11 Å². The van der Waals surface area contributed by atoms with Crippen LogP contribution in [0, 0.1) is 6.92 Å². The number of halogens is 1. The highest BCUT2D eigenvalue weighted by Crippen LogP contribution is 2.33. The average Bonchev–Trinajstić information content (AvgIpc) is 3.09. The Bertz CT molecular complexity index is 1110. The van der Waals surface area contributed by atoms with Crippen molar-refractivity contribution in [2.75, 3.05) is 7.11 Å². The minimum Gasteiger partial charge on any atom is -0.481 e. The molecule has 0 saturated carbocycles. The largest absolute Gasteiger partial charge is 0.481 e. The highest BCUT2D eigenvalue weighted by atomic mass is 35.5. The van der Waals surface area contributed by atoms with E-state index in [0.717, 1.165) is 28.1 Å². The molecule has 5 nitrogen and oxygen atoms in total. The number of rotatable bonds is 5. The van der Waals surface area contributed by atoms with E-state index in [9.17, 15) is 0 Å². The van der Waals surface area contributed by atoms with Gasteiger partial charge in [-0.1, -0.05) is 65.3 Å². The van der Waals surface area contributed by atoms with Gasteiger partial charge in [0.05, 0.1) is 25.0 Å². The third kappa shape index (κ3) is 3.62. The van der Waals surface area contributed by atoms with Crippen LogP contribution in [0.3, 0.4) is 0 Å². The standard InChI is InChI=1S/C22H19ClN4O/c1-15-22(25-26-27(15)14-16-8-4-3-5-9-16)20-12-17(13-21(24-20)28-2)18-10-6-7-11-19(18)23/h3-13H,14H2,1-2H3. The van der Waals surface area contributed by atoms with Crippen LogP contribution in [0.25, 0.3) is 22.5 Å². The summed E-state index contributed by atoms with van der Waals surface area (Å²) < 4.78 is 7.29. The number of hydrogen-bond acceptors (Lipinski definition) is 4. The van der Waals surface area contributed by atoms with Crippen LogP contribution < -0.4 is 4.74 Å². The molecule has 4 aromatic rings. The van der Waals surface area contributed by atoms with Crippen molar-refractivity contribution in [1.29, 1.82) is 0 Å². The van der Waals surface area contributed by atoms with Gasteiger partial charge < -0.3 is 4.74 Å². The number of nitrogens with zero attached hydrogens (tertiary/aromatic N) is 4. The van der Waals surface area contributed by atoms with Crippen molar-refractivity contribution >= 4 is 11.6 Å². The van der Waals surface area contributed by atoms with Crippen molar-refractivity contribution in [2.45, 2.75) is 13.5 Å². The monoisotopic (exact) mass is 390 g/mol. The Balaban J connectivity index is 1.75. The minimum absolute atomic E-state index is 0.504. The van der Waals surface area contributed by atoms with Gasteiger partial charge >= 0.3 is 0 Å². The van der Waals surface area contributed by atoms with E-state index in [2.05, 4.69) is 27.4 Å². The third-order valence-corrected chi connectivity index (χ3v) is 4.93. The summed E-state index contributed by atoms with van der Waals surface area (Å²) in [5, 5.41) is 9.37. The molecule has 0 saturated heterocycles. The predicted octanol–water partition coefficient (Wildman–Crippen LogP) is 5.03. The van der Waals surface area contributed by atoms with Crippen LogP contribution in [0.15, 0.2) is 66.7 Å². The van der Waals surface area contributed by atoms with Crippen LogP contribution in [0.1, 0.15) is 11.3 Å². The molecule has 0 aliphatic carbocycles. The first-order valence-corrected chi connectivity index (χ1v) is 9.29. The van der Waals surface area contributed by atoms with Crippen molar-refractivity contribution in [3.63, 3.8) is 0 Å². The summed E-state index contributed by atoms with van der Waals surface area (Å²) in [5.74, 6) is 0.504. The molecule has 0 fully saturated rings. The number of pyridine rings is 1. The molecule has 2 aromatic carbocycles. The lowest BCUT2D eigenvalue weighted by molar-refractivity contribution is 0.398. The summed E-state index contributed by atoms with van der Waals surface area (Å²) in [4.78, 5) is 4.58. The number of ether oxygens (including phenoxy) is 1. The van der Waals surface area contributed by atoms with E-state index in [0.29, 0.717) is 23.1 Å². The first kappa shape index (κ1) is 18.2. The molecule has 0 N–H and O–H groups in total. The molecular weight excluding hydrogens is 372 g/mol. The second kappa shape index (κ2) is 7.82. The Morgan fingerprint density at radius 3 is 2.50 bits per heavy atom. The molecular formula is C22H19ClN4O. The van der Waals surface area contributed by atoms with E-state index < -0.39 is 0 Å². The summed E-state index contributed by atoms with van der Waals surface area (Å²) in [6, 6.07) is 21.7. The number of aromatic nitrogens is 4. The van der Waals surface area contributed by atoms with Gasteiger partial charge in [0, 0.05) is 16.7 Å². The summed E-state index contributed by atoms with van der Waals surface area (Å²) >= 11 is 6.39. The molecule has 0 spiro atoms. The third-order valence-electron chi connectivity index (χ3n) is 4.60. The highest BCUT2D eigenvalue weighted by Gasteiger charge is 2.16. The molecule has 0 bridgehead atoms. The maximum atomic E-state index is 6.39. The average molecular weight is 391 g/mol. The fraction of sp³-hybridized carbons (Fsp3) is 0.136. The Morgan fingerprint density at radius 2 is 1.75 bits per heavy atom. The van der Waals surface area contributed by atoms with Crippen LogP contribution in [-0.2, 0) is 6.54 Å². The van der Waals surface area contributed by atoms with Crippen molar-refractivity contribution in [3.8, 4) is 28.4 Å². The molecule has 28 heavy (non-hydrogen) atoms. The lowest BCUT2D eigenvalue weighted by atomic mass is 10.0. The van der Waals surface area contributed by atoms with Crippen LogP contribution in [0.5, 0.6) is 5.88 Å². The fourth-order valence-corrected chi connectivity index (χ4v) is 3.33. The first-order chi connectivity index (χ1) is 13.7. The van der Waals surface area contributed by atoms with E-state index in [-0.39, 0.29) is 0 Å². The number of benzene rings is 2. The second-order valence-electron chi connectivity index (χ2n) is 6.43. The molecule has 0 amide bonds. The topological polar surface area (TPSA) is 52.8 Å². The fourth-order valence-electron chi connectivity index (χ4n) is 3.09. The molecule has 2 heterocycles. The molecule has 0 atom stereocenters. The van der Waals surface area contributed by atoms with Gasteiger partial charge in [0.1, 0.15) is 5.69 Å². The van der Waals surface area contributed by atoms with E-state index in [1.807, 2.05) is 66.2 Å². The molecule has 140 valence electrons. The molecule has 4 rings (SSSR count). The van der Waals surface area contributed by atoms with Crippen LogP contribution in [0.2, 0.25) is 5.02 Å². The zero-order chi connectivity index (χ0) is 19.5. The van der Waals surface area contributed by atoms with Gasteiger partial charge in [0.25, 0.3) is 0 Å². The van der Waals surface area contributed by atoms with Gasteiger partial charge in [-0.2, -0.15) is 0 Å². The number of methoxy groups -OCH3 is 1.